The van der Waals surface area contributed by atoms with Gasteiger partial charge >= 0.3 is 0 Å². The van der Waals surface area contributed by atoms with E-state index in [1.807, 2.05) is 44.2 Å². The number of ether oxygens (including phenoxy) is 2. The zero-order chi connectivity index (χ0) is 21.5. The van der Waals surface area contributed by atoms with Crippen LogP contribution in [0.1, 0.15) is 37.8 Å². The normalized spacial score (nSPS) is 13.0. The monoisotopic (exact) mass is 430 g/mol. The molecule has 1 N–H and O–H groups in total. The van der Waals surface area contributed by atoms with Crippen LogP contribution in [0.4, 0.5) is 0 Å². The van der Waals surface area contributed by atoms with Crippen LogP contribution in [0.5, 0.6) is 11.5 Å². The minimum atomic E-state index is -0.523. The van der Waals surface area contributed by atoms with E-state index in [9.17, 15) is 9.59 Å². The van der Waals surface area contributed by atoms with Gasteiger partial charge in [0.1, 0.15) is 6.04 Å². The summed E-state index contributed by atoms with van der Waals surface area (Å²) in [6, 6.07) is 12.5. The van der Waals surface area contributed by atoms with E-state index in [0.717, 1.165) is 16.9 Å². The Morgan fingerprint density at radius 1 is 1.07 bits per heavy atom. The summed E-state index contributed by atoms with van der Waals surface area (Å²) in [6.07, 6.45) is 1.39. The van der Waals surface area contributed by atoms with Crippen LogP contribution in [0.25, 0.3) is 0 Å². The van der Waals surface area contributed by atoms with Crippen LogP contribution < -0.4 is 14.8 Å². The van der Waals surface area contributed by atoms with Crippen LogP contribution in [0.15, 0.2) is 42.5 Å². The van der Waals surface area contributed by atoms with E-state index < -0.39 is 6.04 Å². The molecule has 1 heterocycles. The molecule has 0 aliphatic carbocycles. The lowest BCUT2D eigenvalue weighted by Gasteiger charge is -2.30. The molecule has 0 radical (unpaired) electrons. The second-order valence-corrected chi connectivity index (χ2v) is 7.59. The van der Waals surface area contributed by atoms with Crippen molar-refractivity contribution in [3.05, 3.63) is 58.6 Å². The van der Waals surface area contributed by atoms with Crippen molar-refractivity contribution in [2.75, 3.05) is 13.3 Å². The maximum absolute atomic E-state index is 13.2. The summed E-state index contributed by atoms with van der Waals surface area (Å²) in [5.41, 5.74) is 1.92. The van der Waals surface area contributed by atoms with Crippen LogP contribution in [-0.2, 0) is 22.6 Å². The van der Waals surface area contributed by atoms with Crippen LogP contribution in [0, 0.1) is 0 Å². The smallest absolute Gasteiger partial charge is 0.242 e. The van der Waals surface area contributed by atoms with Crippen LogP contribution in [0.2, 0.25) is 5.02 Å². The SMILES string of the molecule is CCNC(=O)[C@@H](CC)N(Cc1ccc(Cl)cc1)C(=O)CCc1ccc2c(c1)OCO2. The highest BCUT2D eigenvalue weighted by Crippen LogP contribution is 2.32. The predicted molar refractivity (Wildman–Crippen MR) is 116 cm³/mol. The summed E-state index contributed by atoms with van der Waals surface area (Å²) >= 11 is 5.99. The van der Waals surface area contributed by atoms with Crippen molar-refractivity contribution in [3.63, 3.8) is 0 Å². The first-order chi connectivity index (χ1) is 14.5. The average molecular weight is 431 g/mol. The molecule has 1 aliphatic rings. The third-order valence-electron chi connectivity index (χ3n) is 5.07. The minimum Gasteiger partial charge on any atom is -0.454 e. The van der Waals surface area contributed by atoms with Gasteiger partial charge in [0.25, 0.3) is 0 Å². The number of fused-ring (bicyclic) bond motifs is 1. The molecule has 30 heavy (non-hydrogen) atoms. The largest absolute Gasteiger partial charge is 0.454 e. The number of carbonyl (C=O) groups is 2. The first-order valence-corrected chi connectivity index (χ1v) is 10.6. The summed E-state index contributed by atoms with van der Waals surface area (Å²) in [5, 5.41) is 3.48. The summed E-state index contributed by atoms with van der Waals surface area (Å²) in [4.78, 5) is 27.5. The van der Waals surface area contributed by atoms with Gasteiger partial charge in [0.2, 0.25) is 18.6 Å². The van der Waals surface area contributed by atoms with E-state index in [1.165, 1.54) is 0 Å². The molecule has 0 unspecified atom stereocenters. The molecule has 6 nitrogen and oxygen atoms in total. The molecular formula is C23H27ClN2O4. The van der Waals surface area contributed by atoms with Gasteiger partial charge in [0.05, 0.1) is 0 Å². The molecule has 1 atom stereocenters. The number of carbonyl (C=O) groups excluding carboxylic acids is 2. The fourth-order valence-corrected chi connectivity index (χ4v) is 3.62. The molecule has 2 amide bonds. The molecule has 160 valence electrons. The first kappa shape index (κ1) is 22.0. The lowest BCUT2D eigenvalue weighted by atomic mass is 10.1. The van der Waals surface area contributed by atoms with Gasteiger partial charge in [-0.1, -0.05) is 36.7 Å². The maximum Gasteiger partial charge on any atom is 0.242 e. The number of nitrogens with one attached hydrogen (secondary N) is 1. The van der Waals surface area contributed by atoms with Crippen molar-refractivity contribution < 1.29 is 19.1 Å². The molecule has 3 rings (SSSR count). The number of amides is 2. The Hall–Kier alpha value is -2.73. The number of benzene rings is 2. The quantitative estimate of drug-likeness (QED) is 0.654. The second kappa shape index (κ2) is 10.3. The third-order valence-corrected chi connectivity index (χ3v) is 5.32. The summed E-state index contributed by atoms with van der Waals surface area (Å²) in [5.74, 6) is 1.22. The Morgan fingerprint density at radius 3 is 2.47 bits per heavy atom. The van der Waals surface area contributed by atoms with Crippen molar-refractivity contribution >= 4 is 23.4 Å². The molecule has 0 saturated carbocycles. The summed E-state index contributed by atoms with van der Waals surface area (Å²) in [7, 11) is 0. The lowest BCUT2D eigenvalue weighted by Crippen LogP contribution is -2.49. The molecule has 0 aromatic heterocycles. The van der Waals surface area contributed by atoms with Crippen molar-refractivity contribution in [1.29, 1.82) is 0 Å². The summed E-state index contributed by atoms with van der Waals surface area (Å²) < 4.78 is 10.8. The van der Waals surface area contributed by atoms with Crippen LogP contribution in [0.3, 0.4) is 0 Å². The van der Waals surface area contributed by atoms with Gasteiger partial charge in [-0.05, 0) is 55.2 Å². The highest BCUT2D eigenvalue weighted by molar-refractivity contribution is 6.30. The second-order valence-electron chi connectivity index (χ2n) is 7.15. The Labute approximate surface area is 182 Å². The number of hydrogen-bond acceptors (Lipinski definition) is 4. The van der Waals surface area contributed by atoms with Gasteiger partial charge in [0.15, 0.2) is 11.5 Å². The van der Waals surface area contributed by atoms with Gasteiger partial charge in [-0.15, -0.1) is 0 Å². The zero-order valence-corrected chi connectivity index (χ0v) is 18.1. The van der Waals surface area contributed by atoms with Crippen LogP contribution in [-0.4, -0.2) is 36.1 Å². The van der Waals surface area contributed by atoms with Gasteiger partial charge in [-0.2, -0.15) is 0 Å². The molecule has 0 fully saturated rings. The first-order valence-electron chi connectivity index (χ1n) is 10.2. The van der Waals surface area contributed by atoms with E-state index in [2.05, 4.69) is 5.32 Å². The average Bonchev–Trinajstić information content (AvgIpc) is 3.21. The highest BCUT2D eigenvalue weighted by Gasteiger charge is 2.28. The Morgan fingerprint density at radius 2 is 1.77 bits per heavy atom. The maximum atomic E-state index is 13.2. The Kier molecular flexibility index (Phi) is 7.57. The van der Waals surface area contributed by atoms with Gasteiger partial charge < -0.3 is 19.7 Å². The van der Waals surface area contributed by atoms with E-state index in [1.54, 1.807) is 17.0 Å². The number of halogens is 1. The Balaban J connectivity index is 1.74. The van der Waals surface area contributed by atoms with Gasteiger partial charge in [0, 0.05) is 24.5 Å². The molecule has 0 spiro atoms. The van der Waals surface area contributed by atoms with Crippen molar-refractivity contribution in [2.45, 2.75) is 45.7 Å². The summed E-state index contributed by atoms with van der Waals surface area (Å²) in [6.45, 7) is 4.88. The minimum absolute atomic E-state index is 0.0688. The van der Waals surface area contributed by atoms with E-state index in [0.29, 0.717) is 43.1 Å². The van der Waals surface area contributed by atoms with Crippen LogP contribution >= 0.6 is 11.6 Å². The molecule has 7 heteroatoms. The van der Waals surface area contributed by atoms with E-state index >= 15 is 0 Å². The zero-order valence-electron chi connectivity index (χ0n) is 17.3. The van der Waals surface area contributed by atoms with Crippen molar-refractivity contribution in [3.8, 4) is 11.5 Å². The number of aryl methyl sites for hydroxylation is 1. The molecule has 2 aromatic rings. The molecular weight excluding hydrogens is 404 g/mol. The highest BCUT2D eigenvalue weighted by atomic mass is 35.5. The number of hydrogen-bond donors (Lipinski definition) is 1. The topological polar surface area (TPSA) is 67.9 Å². The van der Waals surface area contributed by atoms with E-state index in [-0.39, 0.29) is 18.6 Å². The molecule has 2 aromatic carbocycles. The third kappa shape index (κ3) is 5.45. The molecule has 1 aliphatic heterocycles. The fourth-order valence-electron chi connectivity index (χ4n) is 3.49. The Bertz CT molecular complexity index is 885. The predicted octanol–water partition coefficient (Wildman–Crippen LogP) is 3.94. The van der Waals surface area contributed by atoms with Gasteiger partial charge in [-0.3, -0.25) is 9.59 Å². The van der Waals surface area contributed by atoms with Crippen molar-refractivity contribution in [1.82, 2.24) is 10.2 Å². The fraction of sp³-hybridized carbons (Fsp3) is 0.391. The molecule has 0 bridgehead atoms. The lowest BCUT2D eigenvalue weighted by molar-refractivity contribution is -0.141. The number of nitrogens with zero attached hydrogens (tertiary/aromatic N) is 1. The molecule has 0 saturated heterocycles. The van der Waals surface area contributed by atoms with Crippen molar-refractivity contribution in [2.24, 2.45) is 0 Å². The number of likely N-dealkylation sites (N-methyl/N-ethyl adjacent to an activating group) is 1. The number of rotatable bonds is 9. The van der Waals surface area contributed by atoms with E-state index in [4.69, 9.17) is 21.1 Å². The van der Waals surface area contributed by atoms with Gasteiger partial charge in [-0.25, -0.2) is 0 Å². The standard InChI is InChI=1S/C23H27ClN2O4/c1-3-19(23(28)25-4-2)26(14-17-5-9-18(24)10-6-17)22(27)12-8-16-7-11-20-21(13-16)30-15-29-20/h5-7,9-11,13,19H,3-4,8,12,14-15H2,1-2H3,(H,25,28)/t19-/m1/s1.